The maximum Gasteiger partial charge on any atom is 0.264 e. The number of hydrogen-bond acceptors (Lipinski definition) is 7. The second kappa shape index (κ2) is 15.2. The number of sulfonamides is 2. The molecule has 0 amide bonds. The van der Waals surface area contributed by atoms with E-state index in [-0.39, 0.29) is 19.5 Å². The third kappa shape index (κ3) is 12.6. The van der Waals surface area contributed by atoms with Crippen LogP contribution in [0.25, 0.3) is 0 Å². The minimum Gasteiger partial charge on any atom is -0.396 e. The molecular weight excluding hydrogens is 799 g/mol. The van der Waals surface area contributed by atoms with Crippen molar-refractivity contribution in [2.75, 3.05) is 5.73 Å². The van der Waals surface area contributed by atoms with E-state index in [4.69, 9.17) is 16.4 Å². The Morgan fingerprint density at radius 3 is 1.27 bits per heavy atom. The van der Waals surface area contributed by atoms with Crippen molar-refractivity contribution in [3.05, 3.63) is 81.0 Å². The van der Waals surface area contributed by atoms with Crippen LogP contribution in [0.2, 0.25) is 0 Å². The van der Waals surface area contributed by atoms with E-state index in [9.17, 15) is 38.4 Å². The van der Waals surface area contributed by atoms with E-state index in [2.05, 4.69) is 41.3 Å². The molecule has 18 heteroatoms. The first-order valence-corrected chi connectivity index (χ1v) is 19.0. The van der Waals surface area contributed by atoms with Gasteiger partial charge in [0.25, 0.3) is 9.05 Å². The fourth-order valence-electron chi connectivity index (χ4n) is 3.02. The highest BCUT2D eigenvalue weighted by molar-refractivity contribution is 9.10. The van der Waals surface area contributed by atoms with E-state index in [1.54, 1.807) is 41.5 Å². The van der Waals surface area contributed by atoms with E-state index in [0.29, 0.717) is 0 Å². The highest BCUT2D eigenvalue weighted by atomic mass is 79.9. The molecule has 44 heavy (non-hydrogen) atoms. The zero-order valence-electron chi connectivity index (χ0n) is 24.2. The van der Waals surface area contributed by atoms with E-state index in [1.807, 2.05) is 0 Å². The Morgan fingerprint density at radius 2 is 0.932 bits per heavy atom. The highest BCUT2D eigenvalue weighted by Crippen LogP contribution is 2.25. The van der Waals surface area contributed by atoms with Crippen molar-refractivity contribution in [2.45, 2.75) is 67.3 Å². The number of hydrogen-bond donors (Lipinski definition) is 3. The summed E-state index contributed by atoms with van der Waals surface area (Å²) in [4.78, 5) is -1.29. The SMILES string of the molecule is CC(C)(C)NS(=O)(=O)c1cccc(Br)c1F.CC(C)(C)NS(=O)(=O)c1cccc(N)c1F.O=S(=O)(Cl)c1cccc(Br)c1F. The van der Waals surface area contributed by atoms with Crippen LogP contribution in [0.5, 0.6) is 0 Å². The number of halogens is 6. The molecule has 0 unspecified atom stereocenters. The first-order valence-electron chi connectivity index (χ1n) is 12.1. The minimum absolute atomic E-state index is 0.0734. The first-order chi connectivity index (χ1) is 19.7. The highest BCUT2D eigenvalue weighted by Gasteiger charge is 2.26. The quantitative estimate of drug-likeness (QED) is 0.192. The Morgan fingerprint density at radius 1 is 0.614 bits per heavy atom. The molecule has 0 saturated carbocycles. The van der Waals surface area contributed by atoms with Crippen molar-refractivity contribution < 1.29 is 38.4 Å². The molecule has 0 saturated heterocycles. The van der Waals surface area contributed by atoms with Crippen molar-refractivity contribution in [1.29, 1.82) is 0 Å². The van der Waals surface area contributed by atoms with Gasteiger partial charge in [0.05, 0.1) is 14.6 Å². The minimum atomic E-state index is -3.99. The first kappa shape index (κ1) is 40.3. The molecule has 0 aliphatic carbocycles. The predicted octanol–water partition coefficient (Wildman–Crippen LogP) is 6.67. The number of nitrogens with one attached hydrogen (secondary N) is 2. The lowest BCUT2D eigenvalue weighted by Gasteiger charge is -2.20. The fraction of sp³-hybridized carbons (Fsp3) is 0.308. The van der Waals surface area contributed by atoms with Gasteiger partial charge in [0.1, 0.15) is 14.7 Å². The van der Waals surface area contributed by atoms with Crippen molar-refractivity contribution in [3.63, 3.8) is 0 Å². The van der Waals surface area contributed by atoms with Crippen LogP contribution in [0.4, 0.5) is 18.9 Å². The number of rotatable bonds is 5. The van der Waals surface area contributed by atoms with E-state index >= 15 is 0 Å². The maximum atomic E-state index is 13.6. The largest absolute Gasteiger partial charge is 0.396 e. The molecule has 0 aliphatic heterocycles. The van der Waals surface area contributed by atoms with Crippen LogP contribution >= 0.6 is 42.5 Å². The molecule has 3 aromatic rings. The molecule has 0 spiro atoms. The molecule has 0 fully saturated rings. The summed E-state index contributed by atoms with van der Waals surface area (Å²) in [5.41, 5.74) is 3.81. The normalized spacial score (nSPS) is 12.5. The summed E-state index contributed by atoms with van der Waals surface area (Å²) in [6, 6.07) is 11.9. The Kier molecular flexibility index (Phi) is 14.0. The zero-order valence-corrected chi connectivity index (χ0v) is 30.6. The van der Waals surface area contributed by atoms with E-state index in [1.165, 1.54) is 48.5 Å². The molecule has 0 aliphatic rings. The number of anilines is 1. The summed E-state index contributed by atoms with van der Waals surface area (Å²) in [5.74, 6) is -2.56. The molecule has 246 valence electrons. The molecule has 0 bridgehead atoms. The van der Waals surface area contributed by atoms with Gasteiger partial charge in [-0.05, 0) is 110 Å². The Bertz CT molecular complexity index is 1720. The topological polar surface area (TPSA) is 152 Å². The van der Waals surface area contributed by atoms with E-state index < -0.39 is 67.4 Å². The summed E-state index contributed by atoms with van der Waals surface area (Å²) in [5, 5.41) is 0. The van der Waals surface area contributed by atoms with Gasteiger partial charge < -0.3 is 5.73 Å². The summed E-state index contributed by atoms with van der Waals surface area (Å²) in [6.07, 6.45) is 0. The molecule has 4 N–H and O–H groups in total. The van der Waals surface area contributed by atoms with E-state index in [0.717, 1.165) is 6.07 Å². The summed E-state index contributed by atoms with van der Waals surface area (Å²) >= 11 is 5.79. The standard InChI is InChI=1S/C10H13BrFNO2S.C10H15FN2O2S.C6H3BrClFO2S/c1-10(2,3)13-16(14,15)8-6-4-5-7(11)9(8)12;1-10(2,3)13-16(14,15)8-6-4-5-7(12)9(8)11;7-4-2-1-3-5(6(4)9)12(8,10)11/h4-6,13H,1-3H3;4-6,13H,12H2,1-3H3;1-3H. The average molecular weight is 830 g/mol. The third-order valence-corrected chi connectivity index (χ3v) is 10.7. The lowest BCUT2D eigenvalue weighted by atomic mass is 10.1. The van der Waals surface area contributed by atoms with Crippen LogP contribution in [0.3, 0.4) is 0 Å². The second-order valence-electron chi connectivity index (χ2n) is 10.9. The summed E-state index contributed by atoms with van der Waals surface area (Å²) in [6.45, 7) is 10.1. The maximum absolute atomic E-state index is 13.6. The van der Waals surface area contributed by atoms with Gasteiger partial charge >= 0.3 is 0 Å². The van der Waals surface area contributed by atoms with Gasteiger partial charge in [-0.1, -0.05) is 18.2 Å². The van der Waals surface area contributed by atoms with Gasteiger partial charge in [-0.3, -0.25) is 0 Å². The molecular formula is C26H31Br2ClF3N3O6S3. The fourth-order valence-corrected chi connectivity index (χ4v) is 7.98. The number of nitrogen functional groups attached to an aromatic ring is 1. The van der Waals surface area contributed by atoms with Crippen LogP contribution < -0.4 is 15.2 Å². The predicted molar refractivity (Wildman–Crippen MR) is 172 cm³/mol. The Balaban J connectivity index is 0.000000334. The number of nitrogens with two attached hydrogens (primary N) is 1. The van der Waals surface area contributed by atoms with Gasteiger partial charge in [0, 0.05) is 21.8 Å². The summed E-state index contributed by atoms with van der Waals surface area (Å²) < 4.78 is 114. The lowest BCUT2D eigenvalue weighted by molar-refractivity contribution is 0.484. The van der Waals surface area contributed by atoms with Gasteiger partial charge in [0.15, 0.2) is 17.5 Å². The van der Waals surface area contributed by atoms with Crippen LogP contribution in [0.1, 0.15) is 41.5 Å². The van der Waals surface area contributed by atoms with Crippen molar-refractivity contribution in [2.24, 2.45) is 0 Å². The van der Waals surface area contributed by atoms with Crippen LogP contribution in [0.15, 0.2) is 78.2 Å². The molecule has 0 radical (unpaired) electrons. The van der Waals surface area contributed by atoms with Crippen LogP contribution in [0, 0.1) is 17.5 Å². The van der Waals surface area contributed by atoms with Gasteiger partial charge in [-0.2, -0.15) is 0 Å². The monoisotopic (exact) mass is 827 g/mol. The Labute approximate surface area is 277 Å². The third-order valence-electron chi connectivity index (χ3n) is 4.55. The zero-order chi connectivity index (χ0) is 34.5. The van der Waals surface area contributed by atoms with Gasteiger partial charge in [-0.15, -0.1) is 0 Å². The summed E-state index contributed by atoms with van der Waals surface area (Å²) in [7, 11) is -6.74. The van der Waals surface area contributed by atoms with Crippen LogP contribution in [-0.2, 0) is 29.1 Å². The van der Waals surface area contributed by atoms with Crippen LogP contribution in [-0.4, -0.2) is 36.3 Å². The van der Waals surface area contributed by atoms with Crippen molar-refractivity contribution >= 4 is 77.3 Å². The second-order valence-corrected chi connectivity index (χ2v) is 18.5. The molecule has 9 nitrogen and oxygen atoms in total. The molecule has 0 atom stereocenters. The smallest absolute Gasteiger partial charge is 0.264 e. The molecule has 0 heterocycles. The number of benzene rings is 3. The van der Waals surface area contributed by atoms with Crippen molar-refractivity contribution in [3.8, 4) is 0 Å². The molecule has 3 aromatic carbocycles. The Hall–Kier alpha value is -1.73. The average Bonchev–Trinajstić information content (AvgIpc) is 2.81. The van der Waals surface area contributed by atoms with Gasteiger partial charge in [-0.25, -0.2) is 47.9 Å². The lowest BCUT2D eigenvalue weighted by Crippen LogP contribution is -2.40. The van der Waals surface area contributed by atoms with Crippen molar-refractivity contribution in [1.82, 2.24) is 9.44 Å². The molecule has 0 aromatic heterocycles. The molecule has 3 rings (SSSR count). The van der Waals surface area contributed by atoms with Gasteiger partial charge in [0.2, 0.25) is 20.0 Å².